The first-order chi connectivity index (χ1) is 8.90. The lowest BCUT2D eigenvalue weighted by Crippen LogP contribution is -2.49. The van der Waals surface area contributed by atoms with Gasteiger partial charge in [-0.1, -0.05) is 53.7 Å². The van der Waals surface area contributed by atoms with Gasteiger partial charge in [0.15, 0.2) is 0 Å². The van der Waals surface area contributed by atoms with Gasteiger partial charge < -0.3 is 10.2 Å². The van der Waals surface area contributed by atoms with Crippen LogP contribution in [-0.4, -0.2) is 16.2 Å². The van der Waals surface area contributed by atoms with Crippen LogP contribution in [0.2, 0.25) is 0 Å². The Balaban J connectivity index is 3.54. The summed E-state index contributed by atoms with van der Waals surface area (Å²) in [5, 5.41) is 19.4. The molecule has 1 aromatic rings. The van der Waals surface area contributed by atoms with Crippen LogP contribution in [0, 0.1) is 10.8 Å². The summed E-state index contributed by atoms with van der Waals surface area (Å²) in [6.07, 6.45) is 0.531. The zero-order chi connectivity index (χ0) is 15.8. The number of aromatic hydroxyl groups is 1. The summed E-state index contributed by atoms with van der Waals surface area (Å²) in [7, 11) is 0. The molecule has 0 amide bonds. The smallest absolute Gasteiger partial charge is 0.314 e. The third kappa shape index (κ3) is 3.14. The van der Waals surface area contributed by atoms with Crippen molar-refractivity contribution >= 4 is 5.97 Å². The monoisotopic (exact) mass is 278 g/mol. The van der Waals surface area contributed by atoms with Crippen molar-refractivity contribution < 1.29 is 15.0 Å². The summed E-state index contributed by atoms with van der Waals surface area (Å²) in [5.41, 5.74) is -0.809. The maximum absolute atomic E-state index is 12.2. The number of hydrogen-bond donors (Lipinski definition) is 2. The lowest BCUT2D eigenvalue weighted by molar-refractivity contribution is -0.150. The average molecular weight is 278 g/mol. The van der Waals surface area contributed by atoms with Crippen LogP contribution in [0.3, 0.4) is 0 Å². The number of carboxylic acids is 1. The molecule has 0 saturated carbocycles. The molecule has 112 valence electrons. The number of carbonyl (C=O) groups is 1. The maximum Gasteiger partial charge on any atom is 0.314 e. The second-order valence-corrected chi connectivity index (χ2v) is 7.74. The van der Waals surface area contributed by atoms with E-state index in [0.717, 1.165) is 5.56 Å². The van der Waals surface area contributed by atoms with Crippen molar-refractivity contribution in [3.05, 3.63) is 29.8 Å². The van der Waals surface area contributed by atoms with Crippen molar-refractivity contribution in [1.82, 2.24) is 0 Å². The first kappa shape index (κ1) is 16.5. The van der Waals surface area contributed by atoms with Gasteiger partial charge in [-0.05, 0) is 34.9 Å². The fourth-order valence-corrected chi connectivity index (χ4v) is 2.86. The van der Waals surface area contributed by atoms with E-state index in [1.165, 1.54) is 0 Å². The molecular formula is C17H26O3. The standard InChI is InChI=1S/C17H26O3/c1-15(2,3)11-17(14(19)20,16(4,5)6)12-7-9-13(18)10-8-12/h7-10,18H,11H2,1-6H3,(H,19,20). The summed E-state index contributed by atoms with van der Waals surface area (Å²) in [5.74, 6) is -0.664. The molecule has 0 fully saturated rings. The molecule has 0 spiro atoms. The number of benzene rings is 1. The molecule has 0 bridgehead atoms. The SMILES string of the molecule is CC(C)(C)CC(C(=O)O)(c1ccc(O)cc1)C(C)(C)C. The van der Waals surface area contributed by atoms with Crippen molar-refractivity contribution in [2.45, 2.75) is 53.4 Å². The van der Waals surface area contributed by atoms with Gasteiger partial charge in [-0.15, -0.1) is 0 Å². The van der Waals surface area contributed by atoms with Gasteiger partial charge in [-0.25, -0.2) is 0 Å². The van der Waals surface area contributed by atoms with E-state index in [0.29, 0.717) is 6.42 Å². The molecular weight excluding hydrogens is 252 g/mol. The number of aliphatic carboxylic acids is 1. The highest BCUT2D eigenvalue weighted by Gasteiger charge is 2.51. The Bertz CT molecular complexity index is 474. The summed E-state index contributed by atoms with van der Waals surface area (Å²) in [6, 6.07) is 6.56. The van der Waals surface area contributed by atoms with Gasteiger partial charge in [-0.2, -0.15) is 0 Å². The van der Waals surface area contributed by atoms with E-state index in [4.69, 9.17) is 0 Å². The highest BCUT2D eigenvalue weighted by molar-refractivity contribution is 5.82. The number of carboxylic acid groups (broad SMARTS) is 1. The second kappa shape index (κ2) is 5.12. The summed E-state index contributed by atoms with van der Waals surface area (Å²) < 4.78 is 0. The van der Waals surface area contributed by atoms with E-state index in [9.17, 15) is 15.0 Å². The van der Waals surface area contributed by atoms with Crippen LogP contribution in [-0.2, 0) is 10.2 Å². The van der Waals surface area contributed by atoms with Gasteiger partial charge in [0.2, 0.25) is 0 Å². The zero-order valence-electron chi connectivity index (χ0n) is 13.3. The van der Waals surface area contributed by atoms with E-state index >= 15 is 0 Å². The molecule has 0 aromatic heterocycles. The first-order valence-electron chi connectivity index (χ1n) is 6.93. The molecule has 0 aliphatic heterocycles. The van der Waals surface area contributed by atoms with Crippen molar-refractivity contribution in [3.63, 3.8) is 0 Å². The predicted octanol–water partition coefficient (Wildman–Crippen LogP) is 4.20. The Morgan fingerprint density at radius 2 is 1.45 bits per heavy atom. The third-order valence-electron chi connectivity index (χ3n) is 3.80. The number of rotatable bonds is 3. The Hall–Kier alpha value is -1.51. The molecule has 3 nitrogen and oxygen atoms in total. The number of hydrogen-bond acceptors (Lipinski definition) is 2. The topological polar surface area (TPSA) is 57.5 Å². The van der Waals surface area contributed by atoms with E-state index in [-0.39, 0.29) is 11.2 Å². The van der Waals surface area contributed by atoms with E-state index < -0.39 is 16.8 Å². The van der Waals surface area contributed by atoms with Crippen LogP contribution in [0.15, 0.2) is 24.3 Å². The molecule has 1 atom stereocenters. The minimum atomic E-state index is -0.987. The van der Waals surface area contributed by atoms with Crippen molar-refractivity contribution in [2.75, 3.05) is 0 Å². The average Bonchev–Trinajstić information content (AvgIpc) is 2.23. The molecule has 2 N–H and O–H groups in total. The van der Waals surface area contributed by atoms with Crippen molar-refractivity contribution in [3.8, 4) is 5.75 Å². The van der Waals surface area contributed by atoms with Gasteiger partial charge in [0.05, 0.1) is 5.41 Å². The Morgan fingerprint density at radius 3 is 1.75 bits per heavy atom. The van der Waals surface area contributed by atoms with E-state index in [1.807, 2.05) is 20.8 Å². The highest BCUT2D eigenvalue weighted by atomic mass is 16.4. The molecule has 0 radical (unpaired) electrons. The molecule has 0 heterocycles. The fraction of sp³-hybridized carbons (Fsp3) is 0.588. The normalized spacial score (nSPS) is 15.7. The van der Waals surface area contributed by atoms with E-state index in [2.05, 4.69) is 20.8 Å². The Kier molecular flexibility index (Phi) is 4.23. The molecule has 1 rings (SSSR count). The molecule has 1 aromatic carbocycles. The first-order valence-corrected chi connectivity index (χ1v) is 6.93. The lowest BCUT2D eigenvalue weighted by atomic mass is 9.57. The summed E-state index contributed by atoms with van der Waals surface area (Å²) >= 11 is 0. The van der Waals surface area contributed by atoms with Crippen LogP contribution >= 0.6 is 0 Å². The Morgan fingerprint density at radius 1 is 1.00 bits per heavy atom. The van der Waals surface area contributed by atoms with Crippen LogP contribution in [0.1, 0.15) is 53.5 Å². The minimum Gasteiger partial charge on any atom is -0.508 e. The summed E-state index contributed by atoms with van der Waals surface area (Å²) in [4.78, 5) is 12.2. The van der Waals surface area contributed by atoms with Crippen molar-refractivity contribution in [1.29, 1.82) is 0 Å². The maximum atomic E-state index is 12.2. The van der Waals surface area contributed by atoms with E-state index in [1.54, 1.807) is 24.3 Å². The van der Waals surface area contributed by atoms with Gasteiger partial charge in [0.25, 0.3) is 0 Å². The number of phenolic OH excluding ortho intramolecular Hbond substituents is 1. The van der Waals surface area contributed by atoms with Crippen LogP contribution in [0.5, 0.6) is 5.75 Å². The van der Waals surface area contributed by atoms with Crippen molar-refractivity contribution in [2.24, 2.45) is 10.8 Å². The van der Waals surface area contributed by atoms with Gasteiger partial charge in [-0.3, -0.25) is 4.79 Å². The van der Waals surface area contributed by atoms with Crippen LogP contribution in [0.25, 0.3) is 0 Å². The Labute approximate surface area is 121 Å². The summed E-state index contributed by atoms with van der Waals surface area (Å²) in [6.45, 7) is 12.0. The molecule has 0 saturated heterocycles. The zero-order valence-corrected chi connectivity index (χ0v) is 13.3. The molecule has 1 unspecified atom stereocenters. The van der Waals surface area contributed by atoms with Crippen LogP contribution in [0.4, 0.5) is 0 Å². The molecule has 3 heteroatoms. The predicted molar refractivity (Wildman–Crippen MR) is 80.9 cm³/mol. The van der Waals surface area contributed by atoms with Gasteiger partial charge in [0, 0.05) is 0 Å². The van der Waals surface area contributed by atoms with Crippen LogP contribution < -0.4 is 0 Å². The molecule has 20 heavy (non-hydrogen) atoms. The largest absolute Gasteiger partial charge is 0.508 e. The second-order valence-electron chi connectivity index (χ2n) is 7.74. The van der Waals surface area contributed by atoms with Gasteiger partial charge in [0.1, 0.15) is 5.75 Å². The quantitative estimate of drug-likeness (QED) is 0.871. The third-order valence-corrected chi connectivity index (χ3v) is 3.80. The minimum absolute atomic E-state index is 0.121. The molecule has 0 aliphatic rings. The molecule has 0 aliphatic carbocycles. The highest BCUT2D eigenvalue weighted by Crippen LogP contribution is 2.49. The fourth-order valence-electron chi connectivity index (χ4n) is 2.86. The number of phenols is 1. The van der Waals surface area contributed by atoms with Gasteiger partial charge >= 0.3 is 5.97 Å². The lowest BCUT2D eigenvalue weighted by Gasteiger charge is -2.45.